The third kappa shape index (κ3) is 2.61. The van der Waals surface area contributed by atoms with E-state index in [1.54, 1.807) is 0 Å². The molecule has 2 bridgehead atoms. The molecular weight excluding hydrogens is 212 g/mol. The van der Waals surface area contributed by atoms with Gasteiger partial charge in [-0.15, -0.1) is 0 Å². The molecule has 2 rings (SSSR count). The van der Waals surface area contributed by atoms with Gasteiger partial charge in [0.15, 0.2) is 0 Å². The predicted octanol–water partition coefficient (Wildman–Crippen LogP) is 3.24. The first-order valence-electron chi connectivity index (χ1n) is 6.80. The average Bonchev–Trinajstić information content (AvgIpc) is 2.54. The van der Waals surface area contributed by atoms with E-state index in [1.807, 2.05) is 13.8 Å². The lowest BCUT2D eigenvalue weighted by atomic mass is 9.69. The van der Waals surface area contributed by atoms with Crippen LogP contribution in [0.3, 0.4) is 0 Å². The second-order valence-corrected chi connectivity index (χ2v) is 7.35. The SMILES string of the molecule is CC(C)(C=O)CC1CC2CC1CC(C)(C=O)C2. The number of carbonyl (C=O) groups excluding carboxylic acids is 2. The number of fused-ring (bicyclic) bond motifs is 2. The fourth-order valence-electron chi connectivity index (χ4n) is 4.17. The molecule has 0 aromatic carbocycles. The smallest absolute Gasteiger partial charge is 0.125 e. The van der Waals surface area contributed by atoms with Crippen LogP contribution in [0.1, 0.15) is 52.9 Å². The number of hydrogen-bond acceptors (Lipinski definition) is 2. The van der Waals surface area contributed by atoms with Crippen molar-refractivity contribution in [3.63, 3.8) is 0 Å². The van der Waals surface area contributed by atoms with Gasteiger partial charge < -0.3 is 9.59 Å². The van der Waals surface area contributed by atoms with Crippen molar-refractivity contribution >= 4 is 12.6 Å². The lowest BCUT2D eigenvalue weighted by molar-refractivity contribution is -0.118. The van der Waals surface area contributed by atoms with Crippen LogP contribution >= 0.6 is 0 Å². The van der Waals surface area contributed by atoms with Crippen LogP contribution in [0.2, 0.25) is 0 Å². The molecule has 0 aromatic heterocycles. The maximum absolute atomic E-state index is 11.2. The van der Waals surface area contributed by atoms with Crippen molar-refractivity contribution in [2.75, 3.05) is 0 Å². The molecule has 0 amide bonds. The summed E-state index contributed by atoms with van der Waals surface area (Å²) in [6, 6.07) is 0. The van der Waals surface area contributed by atoms with Crippen LogP contribution in [-0.4, -0.2) is 12.6 Å². The van der Waals surface area contributed by atoms with Crippen LogP contribution in [0.5, 0.6) is 0 Å². The normalized spacial score (nSPS) is 41.2. The highest BCUT2D eigenvalue weighted by atomic mass is 16.1. The van der Waals surface area contributed by atoms with Crippen LogP contribution < -0.4 is 0 Å². The summed E-state index contributed by atoms with van der Waals surface area (Å²) in [6.45, 7) is 6.16. The van der Waals surface area contributed by atoms with Crippen LogP contribution in [0.15, 0.2) is 0 Å². The summed E-state index contributed by atoms with van der Waals surface area (Å²) >= 11 is 0. The lowest BCUT2D eigenvalue weighted by Gasteiger charge is -2.34. The molecule has 0 saturated heterocycles. The molecule has 0 heterocycles. The van der Waals surface area contributed by atoms with Crippen molar-refractivity contribution in [2.24, 2.45) is 28.6 Å². The van der Waals surface area contributed by atoms with Crippen LogP contribution in [0.25, 0.3) is 0 Å². The van der Waals surface area contributed by atoms with Crippen molar-refractivity contribution in [3.8, 4) is 0 Å². The molecule has 2 aliphatic carbocycles. The van der Waals surface area contributed by atoms with Gasteiger partial charge in [0.2, 0.25) is 0 Å². The number of hydrogen-bond donors (Lipinski definition) is 0. The van der Waals surface area contributed by atoms with Gasteiger partial charge in [0, 0.05) is 10.8 Å². The second kappa shape index (κ2) is 4.22. The Balaban J connectivity index is 2.05. The first-order valence-corrected chi connectivity index (χ1v) is 6.80. The molecule has 2 fully saturated rings. The van der Waals surface area contributed by atoms with E-state index in [2.05, 4.69) is 6.92 Å². The molecule has 0 aromatic rings. The van der Waals surface area contributed by atoms with Crippen molar-refractivity contribution in [3.05, 3.63) is 0 Å². The molecule has 17 heavy (non-hydrogen) atoms. The average molecular weight is 236 g/mol. The minimum Gasteiger partial charge on any atom is -0.303 e. The Labute approximate surface area is 104 Å². The summed E-state index contributed by atoms with van der Waals surface area (Å²) in [5.74, 6) is 2.04. The molecule has 96 valence electrons. The molecule has 2 heteroatoms. The summed E-state index contributed by atoms with van der Waals surface area (Å²) in [7, 11) is 0. The Hall–Kier alpha value is -0.660. The molecule has 2 nitrogen and oxygen atoms in total. The van der Waals surface area contributed by atoms with Crippen LogP contribution in [0.4, 0.5) is 0 Å². The molecule has 4 unspecified atom stereocenters. The van der Waals surface area contributed by atoms with Gasteiger partial charge in [-0.05, 0) is 49.9 Å². The predicted molar refractivity (Wildman–Crippen MR) is 67.6 cm³/mol. The minimum atomic E-state index is -0.195. The first kappa shape index (κ1) is 12.8. The van der Waals surface area contributed by atoms with Gasteiger partial charge in [-0.25, -0.2) is 0 Å². The van der Waals surface area contributed by atoms with Gasteiger partial charge in [0.1, 0.15) is 12.6 Å². The molecule has 0 aliphatic heterocycles. The summed E-state index contributed by atoms with van der Waals surface area (Å²) < 4.78 is 0. The van der Waals surface area contributed by atoms with Crippen molar-refractivity contribution in [1.82, 2.24) is 0 Å². The van der Waals surface area contributed by atoms with Crippen molar-refractivity contribution in [1.29, 1.82) is 0 Å². The Morgan fingerprint density at radius 3 is 2.53 bits per heavy atom. The summed E-state index contributed by atoms with van der Waals surface area (Å²) in [5, 5.41) is 0. The summed E-state index contributed by atoms with van der Waals surface area (Å²) in [6.07, 6.45) is 7.85. The topological polar surface area (TPSA) is 34.1 Å². The van der Waals surface area contributed by atoms with E-state index >= 15 is 0 Å². The fourth-order valence-corrected chi connectivity index (χ4v) is 4.17. The summed E-state index contributed by atoms with van der Waals surface area (Å²) in [5.41, 5.74) is -0.284. The first-order chi connectivity index (χ1) is 7.87. The van der Waals surface area contributed by atoms with Crippen LogP contribution in [-0.2, 0) is 9.59 Å². The molecular formula is C15H24O2. The highest BCUT2D eigenvalue weighted by Gasteiger charge is 2.46. The fraction of sp³-hybridized carbons (Fsp3) is 0.867. The third-order valence-electron chi connectivity index (χ3n) is 4.81. The Kier molecular flexibility index (Phi) is 3.17. The highest BCUT2D eigenvalue weighted by molar-refractivity contribution is 5.59. The Bertz CT molecular complexity index is 321. The largest absolute Gasteiger partial charge is 0.303 e. The van der Waals surface area contributed by atoms with E-state index in [1.165, 1.54) is 19.1 Å². The number of rotatable bonds is 4. The van der Waals surface area contributed by atoms with E-state index in [0.29, 0.717) is 11.8 Å². The zero-order chi connectivity index (χ0) is 12.7. The van der Waals surface area contributed by atoms with E-state index in [-0.39, 0.29) is 10.8 Å². The van der Waals surface area contributed by atoms with Gasteiger partial charge in [-0.3, -0.25) is 0 Å². The maximum Gasteiger partial charge on any atom is 0.125 e. The Morgan fingerprint density at radius 2 is 1.94 bits per heavy atom. The molecule has 4 atom stereocenters. The van der Waals surface area contributed by atoms with E-state index in [0.717, 1.165) is 31.5 Å². The van der Waals surface area contributed by atoms with Gasteiger partial charge in [0.25, 0.3) is 0 Å². The van der Waals surface area contributed by atoms with E-state index in [4.69, 9.17) is 0 Å². The number of carbonyl (C=O) groups is 2. The van der Waals surface area contributed by atoms with Crippen LogP contribution in [0, 0.1) is 28.6 Å². The highest BCUT2D eigenvalue weighted by Crippen LogP contribution is 2.54. The standard InChI is InChI=1S/C15H24O2/c1-14(2,9-16)7-12-4-11-5-13(12)8-15(3,6-11)10-17/h9-13H,4-8H2,1-3H3. The summed E-state index contributed by atoms with van der Waals surface area (Å²) in [4.78, 5) is 22.2. The quantitative estimate of drug-likeness (QED) is 0.702. The molecule has 0 spiro atoms. The molecule has 0 radical (unpaired) electrons. The zero-order valence-electron chi connectivity index (χ0n) is 11.2. The van der Waals surface area contributed by atoms with E-state index in [9.17, 15) is 9.59 Å². The molecule has 2 saturated carbocycles. The lowest BCUT2D eigenvalue weighted by Crippen LogP contribution is -2.29. The maximum atomic E-state index is 11.2. The molecule has 2 aliphatic rings. The van der Waals surface area contributed by atoms with Crippen molar-refractivity contribution in [2.45, 2.75) is 52.9 Å². The van der Waals surface area contributed by atoms with Gasteiger partial charge >= 0.3 is 0 Å². The van der Waals surface area contributed by atoms with Gasteiger partial charge in [0.05, 0.1) is 0 Å². The molecule has 0 N–H and O–H groups in total. The van der Waals surface area contributed by atoms with Crippen molar-refractivity contribution < 1.29 is 9.59 Å². The van der Waals surface area contributed by atoms with Gasteiger partial charge in [-0.2, -0.15) is 0 Å². The Morgan fingerprint density at radius 1 is 1.24 bits per heavy atom. The van der Waals surface area contributed by atoms with E-state index < -0.39 is 0 Å². The number of aldehydes is 2. The monoisotopic (exact) mass is 236 g/mol. The third-order valence-corrected chi connectivity index (χ3v) is 4.81. The second-order valence-electron chi connectivity index (χ2n) is 7.35. The zero-order valence-corrected chi connectivity index (χ0v) is 11.2. The minimum absolute atomic E-state index is 0.0896. The van der Waals surface area contributed by atoms with Gasteiger partial charge in [-0.1, -0.05) is 20.8 Å².